The van der Waals surface area contributed by atoms with E-state index in [1.165, 1.54) is 6.08 Å². The van der Waals surface area contributed by atoms with Crippen LogP contribution < -0.4 is 0 Å². The maximum atomic E-state index is 9.98. The zero-order valence-electron chi connectivity index (χ0n) is 5.97. The molecule has 0 saturated carbocycles. The average Bonchev–Trinajstić information content (AvgIpc) is 1.87. The topological polar surface area (TPSA) is 86.3 Å². The summed E-state index contributed by atoms with van der Waals surface area (Å²) in [6.45, 7) is 1.65. The van der Waals surface area contributed by atoms with Gasteiger partial charge in [-0.1, -0.05) is 12.2 Å². The van der Waals surface area contributed by atoms with Gasteiger partial charge in [0.2, 0.25) is 0 Å². The number of nitrogens with zero attached hydrogens (tertiary/aromatic N) is 2. The first kappa shape index (κ1) is 9.54. The van der Waals surface area contributed by atoms with Gasteiger partial charge in [-0.15, -0.1) is 0 Å². The van der Waals surface area contributed by atoms with E-state index in [4.69, 9.17) is 0 Å². The normalized spacial score (nSPS) is 10.7. The SMILES string of the molecule is CC=CCC([N+](=O)[O-])[N+](=O)[O-]. The molecular formula is C5H8N2O4. The molecule has 0 aromatic rings. The highest BCUT2D eigenvalue weighted by Gasteiger charge is 2.29. The lowest BCUT2D eigenvalue weighted by molar-refractivity contribution is -0.741. The Morgan fingerprint density at radius 3 is 2.09 bits per heavy atom. The molecule has 0 aliphatic carbocycles. The van der Waals surface area contributed by atoms with Crippen molar-refractivity contribution in [1.29, 1.82) is 0 Å². The van der Waals surface area contributed by atoms with Gasteiger partial charge in [0.1, 0.15) is 6.42 Å². The molecule has 62 valence electrons. The van der Waals surface area contributed by atoms with Crippen molar-refractivity contribution in [3.05, 3.63) is 32.4 Å². The molecule has 0 saturated heterocycles. The van der Waals surface area contributed by atoms with E-state index in [-0.39, 0.29) is 6.42 Å². The van der Waals surface area contributed by atoms with Crippen LogP contribution in [0, 0.1) is 20.2 Å². The fourth-order valence-corrected chi connectivity index (χ4v) is 0.507. The summed E-state index contributed by atoms with van der Waals surface area (Å²) in [6.07, 6.45) is 1.08. The first-order valence-corrected chi connectivity index (χ1v) is 2.97. The van der Waals surface area contributed by atoms with Gasteiger partial charge in [-0.3, -0.25) is 20.2 Å². The summed E-state index contributed by atoms with van der Waals surface area (Å²) < 4.78 is 0. The molecule has 0 aliphatic heterocycles. The van der Waals surface area contributed by atoms with Crippen LogP contribution in [0.5, 0.6) is 0 Å². The second-order valence-electron chi connectivity index (χ2n) is 1.86. The minimum absolute atomic E-state index is 0.156. The maximum absolute atomic E-state index is 9.98. The fourth-order valence-electron chi connectivity index (χ4n) is 0.507. The van der Waals surface area contributed by atoms with Gasteiger partial charge in [0.05, 0.1) is 9.85 Å². The molecule has 0 unspecified atom stereocenters. The average molecular weight is 160 g/mol. The highest BCUT2D eigenvalue weighted by molar-refractivity contribution is 4.77. The zero-order chi connectivity index (χ0) is 8.85. The van der Waals surface area contributed by atoms with Crippen LogP contribution in [0.2, 0.25) is 0 Å². The van der Waals surface area contributed by atoms with E-state index in [9.17, 15) is 20.2 Å². The number of allylic oxidation sites excluding steroid dienone is 1. The smallest absolute Gasteiger partial charge is 0.259 e. The van der Waals surface area contributed by atoms with Gasteiger partial charge in [-0.2, -0.15) is 0 Å². The molecule has 0 radical (unpaired) electrons. The Morgan fingerprint density at radius 2 is 1.82 bits per heavy atom. The van der Waals surface area contributed by atoms with Crippen molar-refractivity contribution in [3.63, 3.8) is 0 Å². The van der Waals surface area contributed by atoms with Crippen LogP contribution in [0.15, 0.2) is 12.2 Å². The van der Waals surface area contributed by atoms with Crippen molar-refractivity contribution in [2.24, 2.45) is 0 Å². The Balaban J connectivity index is 4.12. The second-order valence-corrected chi connectivity index (χ2v) is 1.86. The summed E-state index contributed by atoms with van der Waals surface area (Å²) in [4.78, 5) is 18.1. The van der Waals surface area contributed by atoms with Gasteiger partial charge in [0.15, 0.2) is 0 Å². The summed E-state index contributed by atoms with van der Waals surface area (Å²) >= 11 is 0. The first-order chi connectivity index (χ1) is 5.09. The van der Waals surface area contributed by atoms with Crippen molar-refractivity contribution in [2.45, 2.75) is 19.5 Å². The standard InChI is InChI=1S/C5H8N2O4/c1-2-3-4-5(6(8)9)7(10)11/h2-3,5H,4H2,1H3. The third-order valence-electron chi connectivity index (χ3n) is 1.07. The Bertz CT molecular complexity index is 175. The molecule has 0 aromatic heterocycles. The Hall–Kier alpha value is -1.46. The minimum Gasteiger partial charge on any atom is -0.259 e. The van der Waals surface area contributed by atoms with Crippen LogP contribution in [0.4, 0.5) is 0 Å². The van der Waals surface area contributed by atoms with Crippen LogP contribution in [-0.4, -0.2) is 16.0 Å². The molecule has 6 nitrogen and oxygen atoms in total. The molecule has 6 heteroatoms. The third kappa shape index (κ3) is 3.29. The number of nitro groups is 2. The summed E-state index contributed by atoms with van der Waals surface area (Å²) in [7, 11) is 0. The predicted molar refractivity (Wildman–Crippen MR) is 37.2 cm³/mol. The predicted octanol–water partition coefficient (Wildman–Crippen LogP) is 0.832. The van der Waals surface area contributed by atoms with E-state index in [1.807, 2.05) is 0 Å². The van der Waals surface area contributed by atoms with Gasteiger partial charge in [-0.25, -0.2) is 0 Å². The summed E-state index contributed by atoms with van der Waals surface area (Å²) in [6, 6.07) is 0. The molecule has 0 atom stereocenters. The summed E-state index contributed by atoms with van der Waals surface area (Å²) in [5, 5.41) is 20.0. The van der Waals surface area contributed by atoms with Crippen LogP contribution >= 0.6 is 0 Å². The highest BCUT2D eigenvalue weighted by atomic mass is 16.7. The Morgan fingerprint density at radius 1 is 1.36 bits per heavy atom. The third-order valence-corrected chi connectivity index (χ3v) is 1.07. The molecule has 0 spiro atoms. The largest absolute Gasteiger partial charge is 0.454 e. The van der Waals surface area contributed by atoms with Crippen molar-refractivity contribution < 1.29 is 9.85 Å². The number of rotatable bonds is 4. The molecule has 0 N–H and O–H groups in total. The van der Waals surface area contributed by atoms with Crippen molar-refractivity contribution >= 4 is 0 Å². The van der Waals surface area contributed by atoms with E-state index in [0.29, 0.717) is 0 Å². The zero-order valence-corrected chi connectivity index (χ0v) is 5.97. The van der Waals surface area contributed by atoms with E-state index in [0.717, 1.165) is 0 Å². The Kier molecular flexibility index (Phi) is 3.79. The molecular weight excluding hydrogens is 152 g/mol. The van der Waals surface area contributed by atoms with Gasteiger partial charge >= 0.3 is 6.17 Å². The fraction of sp³-hybridized carbons (Fsp3) is 0.600. The molecule has 0 fully saturated rings. The molecule has 0 aliphatic rings. The van der Waals surface area contributed by atoms with Crippen molar-refractivity contribution in [3.8, 4) is 0 Å². The quantitative estimate of drug-likeness (QED) is 0.264. The molecule has 0 heterocycles. The van der Waals surface area contributed by atoms with Gasteiger partial charge in [0.25, 0.3) is 0 Å². The molecule has 0 rings (SSSR count). The highest BCUT2D eigenvalue weighted by Crippen LogP contribution is 1.98. The summed E-state index contributed by atoms with van der Waals surface area (Å²) in [5.74, 6) is 0. The van der Waals surface area contributed by atoms with Crippen molar-refractivity contribution in [2.75, 3.05) is 0 Å². The van der Waals surface area contributed by atoms with Crippen LogP contribution in [0.25, 0.3) is 0 Å². The van der Waals surface area contributed by atoms with Crippen molar-refractivity contribution in [1.82, 2.24) is 0 Å². The maximum Gasteiger partial charge on any atom is 0.454 e. The van der Waals surface area contributed by atoms with Crippen LogP contribution in [0.1, 0.15) is 13.3 Å². The lowest BCUT2D eigenvalue weighted by atomic mass is 10.3. The van der Waals surface area contributed by atoms with E-state index in [2.05, 4.69) is 0 Å². The molecule has 0 amide bonds. The molecule has 0 aromatic carbocycles. The van der Waals surface area contributed by atoms with E-state index >= 15 is 0 Å². The van der Waals surface area contributed by atoms with Gasteiger partial charge in [-0.05, 0) is 6.92 Å². The molecule has 0 bridgehead atoms. The second kappa shape index (κ2) is 4.37. The van der Waals surface area contributed by atoms with Crippen LogP contribution in [0.3, 0.4) is 0 Å². The van der Waals surface area contributed by atoms with Gasteiger partial charge < -0.3 is 0 Å². The number of hydrogen-bond donors (Lipinski definition) is 0. The monoisotopic (exact) mass is 160 g/mol. The van der Waals surface area contributed by atoms with E-state index in [1.54, 1.807) is 13.0 Å². The first-order valence-electron chi connectivity index (χ1n) is 2.97. The van der Waals surface area contributed by atoms with Gasteiger partial charge in [0, 0.05) is 0 Å². The van der Waals surface area contributed by atoms with E-state index < -0.39 is 16.0 Å². The summed E-state index contributed by atoms with van der Waals surface area (Å²) in [5.41, 5.74) is 0. The number of hydrogen-bond acceptors (Lipinski definition) is 4. The molecule has 11 heavy (non-hydrogen) atoms. The lowest BCUT2D eigenvalue weighted by Crippen LogP contribution is -2.27. The lowest BCUT2D eigenvalue weighted by Gasteiger charge is -1.96. The Labute approximate surface area is 62.8 Å². The van der Waals surface area contributed by atoms with Crippen LogP contribution in [-0.2, 0) is 0 Å². The minimum atomic E-state index is -1.70.